The van der Waals surface area contributed by atoms with Crippen LogP contribution in [-0.4, -0.2) is 9.99 Å². The molecule has 1 heterocycles. The zero-order valence-corrected chi connectivity index (χ0v) is 14.4. The number of rotatable bonds is 5. The Hall–Kier alpha value is -2.38. The first kappa shape index (κ1) is 17.4. The fourth-order valence-electron chi connectivity index (χ4n) is 2.28. The largest absolute Gasteiger partial charge is 0.460 e. The smallest absolute Gasteiger partial charge is 0.249 e. The summed E-state index contributed by atoms with van der Waals surface area (Å²) >= 11 is 3.81. The van der Waals surface area contributed by atoms with E-state index < -0.39 is 28.8 Å². The van der Waals surface area contributed by atoms with Gasteiger partial charge in [-0.05, 0) is 17.7 Å². The molecule has 1 aliphatic rings. The summed E-state index contributed by atoms with van der Waals surface area (Å²) in [7, 11) is 0. The van der Waals surface area contributed by atoms with Crippen molar-refractivity contribution in [2.24, 2.45) is 5.73 Å². The van der Waals surface area contributed by atoms with Crippen LogP contribution in [0.15, 0.2) is 60.2 Å². The van der Waals surface area contributed by atoms with Gasteiger partial charge in [0.05, 0.1) is 10.8 Å². The molecule has 8 heteroatoms. The van der Waals surface area contributed by atoms with Crippen molar-refractivity contribution in [3.05, 3.63) is 82.1 Å². The summed E-state index contributed by atoms with van der Waals surface area (Å²) in [5, 5.41) is -0.0736. The highest BCUT2D eigenvalue weighted by Gasteiger charge is 2.38. The van der Waals surface area contributed by atoms with Crippen molar-refractivity contribution < 1.29 is 22.3 Å². The van der Waals surface area contributed by atoms with Gasteiger partial charge < -0.3 is 14.7 Å². The number of ether oxygens (including phenoxy) is 1. The summed E-state index contributed by atoms with van der Waals surface area (Å²) < 4.78 is 36.1. The Morgan fingerprint density at radius 3 is 2.64 bits per heavy atom. The number of benzene rings is 2. The fourth-order valence-corrected chi connectivity index (χ4v) is 3.28. The van der Waals surface area contributed by atoms with Crippen LogP contribution >= 0.6 is 11.6 Å². The molecule has 2 N–H and O–H groups in total. The molecule has 0 aliphatic carbocycles. The SMILES string of the molecule is NC1=C(OS(=O)Cc2ccccc2)C(=O)C(c2ccc(Cl)c(F)c2)O1. The summed E-state index contributed by atoms with van der Waals surface area (Å²) in [4.78, 5) is 12.4. The van der Waals surface area contributed by atoms with Crippen molar-refractivity contribution in [2.75, 3.05) is 0 Å². The quantitative estimate of drug-likeness (QED) is 0.860. The lowest BCUT2D eigenvalue weighted by Gasteiger charge is -2.10. The summed E-state index contributed by atoms with van der Waals surface area (Å²) in [6.07, 6.45) is -1.16. The maximum Gasteiger partial charge on any atom is 0.249 e. The molecule has 0 amide bonds. The van der Waals surface area contributed by atoms with E-state index in [-0.39, 0.29) is 28.0 Å². The van der Waals surface area contributed by atoms with E-state index in [0.717, 1.165) is 11.6 Å². The summed E-state index contributed by atoms with van der Waals surface area (Å²) in [6.45, 7) is 0. The van der Waals surface area contributed by atoms with E-state index in [1.165, 1.54) is 12.1 Å². The second kappa shape index (κ2) is 7.25. The third-order valence-corrected chi connectivity index (χ3v) is 4.71. The Kier molecular flexibility index (Phi) is 5.06. The average Bonchev–Trinajstić information content (AvgIpc) is 2.86. The molecular formula is C17H13ClFNO4S. The third kappa shape index (κ3) is 3.83. The molecule has 2 aromatic rings. The number of carbonyl (C=O) groups is 1. The molecule has 0 spiro atoms. The van der Waals surface area contributed by atoms with E-state index in [0.29, 0.717) is 0 Å². The van der Waals surface area contributed by atoms with Crippen LogP contribution in [-0.2, 0) is 30.5 Å². The predicted octanol–water partition coefficient (Wildman–Crippen LogP) is 3.13. The van der Waals surface area contributed by atoms with Crippen molar-refractivity contribution >= 4 is 28.5 Å². The minimum atomic E-state index is -1.82. The van der Waals surface area contributed by atoms with Gasteiger partial charge in [-0.3, -0.25) is 4.79 Å². The van der Waals surface area contributed by atoms with Gasteiger partial charge in [-0.25, -0.2) is 8.60 Å². The Morgan fingerprint density at radius 2 is 1.96 bits per heavy atom. The topological polar surface area (TPSA) is 78.6 Å². The van der Waals surface area contributed by atoms with Gasteiger partial charge in [0.2, 0.25) is 28.5 Å². The lowest BCUT2D eigenvalue weighted by Crippen LogP contribution is -2.13. The maximum atomic E-state index is 13.6. The first-order valence-corrected chi connectivity index (χ1v) is 8.84. The molecule has 0 radical (unpaired) electrons. The van der Waals surface area contributed by atoms with Crippen molar-refractivity contribution in [1.82, 2.24) is 0 Å². The highest BCUT2D eigenvalue weighted by molar-refractivity contribution is 7.79. The Bertz CT molecular complexity index is 872. The molecule has 0 bridgehead atoms. The number of ketones is 1. The molecule has 2 aromatic carbocycles. The normalized spacial score (nSPS) is 18.2. The standard InChI is InChI=1S/C17H13ClFNO4S/c18-12-7-6-11(8-13(12)19)15-14(21)16(17(20)23-15)24-25(22)9-10-4-2-1-3-5-10/h1-8,15H,9,20H2. The summed E-state index contributed by atoms with van der Waals surface area (Å²) in [5.74, 6) is -1.83. The highest BCUT2D eigenvalue weighted by Crippen LogP contribution is 2.33. The number of carbonyl (C=O) groups excluding carboxylic acids is 1. The van der Waals surface area contributed by atoms with Crippen LogP contribution in [0.3, 0.4) is 0 Å². The van der Waals surface area contributed by atoms with E-state index in [4.69, 9.17) is 26.3 Å². The van der Waals surface area contributed by atoms with Gasteiger partial charge in [0, 0.05) is 5.56 Å². The number of Topliss-reactive ketones (excluding diaryl/α,β-unsaturated/α-hetero) is 1. The molecular weight excluding hydrogens is 369 g/mol. The van der Waals surface area contributed by atoms with Crippen LogP contribution in [0.4, 0.5) is 4.39 Å². The first-order valence-electron chi connectivity index (χ1n) is 7.22. The van der Waals surface area contributed by atoms with Crippen LogP contribution in [0, 0.1) is 5.82 Å². The second-order valence-corrected chi connectivity index (χ2v) is 6.72. The number of halogens is 2. The second-order valence-electron chi connectivity index (χ2n) is 5.25. The van der Waals surface area contributed by atoms with Gasteiger partial charge in [-0.15, -0.1) is 0 Å². The van der Waals surface area contributed by atoms with Gasteiger partial charge in [0.1, 0.15) is 5.82 Å². The van der Waals surface area contributed by atoms with Crippen LogP contribution < -0.4 is 5.73 Å². The van der Waals surface area contributed by atoms with Crippen molar-refractivity contribution in [2.45, 2.75) is 11.9 Å². The molecule has 2 atom stereocenters. The molecule has 130 valence electrons. The summed E-state index contributed by atoms with van der Waals surface area (Å²) in [6, 6.07) is 12.8. The Balaban J connectivity index is 1.72. The lowest BCUT2D eigenvalue weighted by atomic mass is 10.1. The van der Waals surface area contributed by atoms with Crippen molar-refractivity contribution in [1.29, 1.82) is 0 Å². The van der Waals surface area contributed by atoms with Crippen LogP contribution in [0.5, 0.6) is 0 Å². The predicted molar refractivity (Wildman–Crippen MR) is 90.8 cm³/mol. The van der Waals surface area contributed by atoms with Crippen LogP contribution in [0.2, 0.25) is 5.02 Å². The molecule has 1 aliphatic heterocycles. The first-order chi connectivity index (χ1) is 12.0. The lowest BCUT2D eigenvalue weighted by molar-refractivity contribution is -0.123. The number of hydrogen-bond acceptors (Lipinski definition) is 5. The van der Waals surface area contributed by atoms with E-state index in [9.17, 15) is 13.4 Å². The fraction of sp³-hybridized carbons (Fsp3) is 0.118. The van der Waals surface area contributed by atoms with Gasteiger partial charge >= 0.3 is 0 Å². The van der Waals surface area contributed by atoms with Gasteiger partial charge in [-0.1, -0.05) is 48.0 Å². The number of hydrogen-bond donors (Lipinski definition) is 1. The maximum absolute atomic E-state index is 13.6. The van der Waals surface area contributed by atoms with Crippen molar-refractivity contribution in [3.63, 3.8) is 0 Å². The number of nitrogens with two attached hydrogens (primary N) is 1. The summed E-state index contributed by atoms with van der Waals surface area (Å²) in [5.41, 5.74) is 6.68. The van der Waals surface area contributed by atoms with Gasteiger partial charge in [0.15, 0.2) is 6.10 Å². The zero-order chi connectivity index (χ0) is 18.0. The molecule has 0 saturated carbocycles. The Morgan fingerprint density at radius 1 is 1.24 bits per heavy atom. The minimum absolute atomic E-state index is 0.0736. The zero-order valence-electron chi connectivity index (χ0n) is 12.8. The van der Waals surface area contributed by atoms with E-state index in [1.54, 1.807) is 24.3 Å². The van der Waals surface area contributed by atoms with Crippen LogP contribution in [0.25, 0.3) is 0 Å². The third-order valence-electron chi connectivity index (χ3n) is 3.48. The molecule has 2 unspecified atom stereocenters. The average molecular weight is 382 g/mol. The molecule has 0 saturated heterocycles. The van der Waals surface area contributed by atoms with E-state index >= 15 is 0 Å². The molecule has 25 heavy (non-hydrogen) atoms. The van der Waals surface area contributed by atoms with Crippen LogP contribution in [0.1, 0.15) is 17.2 Å². The highest BCUT2D eigenvalue weighted by atomic mass is 35.5. The van der Waals surface area contributed by atoms with E-state index in [1.807, 2.05) is 6.07 Å². The monoisotopic (exact) mass is 381 g/mol. The molecule has 3 rings (SSSR count). The Labute approximate surface area is 150 Å². The van der Waals surface area contributed by atoms with E-state index in [2.05, 4.69) is 0 Å². The molecule has 0 aromatic heterocycles. The van der Waals surface area contributed by atoms with Crippen molar-refractivity contribution in [3.8, 4) is 0 Å². The van der Waals surface area contributed by atoms with Gasteiger partial charge in [-0.2, -0.15) is 0 Å². The minimum Gasteiger partial charge on any atom is -0.460 e. The van der Waals surface area contributed by atoms with Gasteiger partial charge in [0.25, 0.3) is 0 Å². The molecule has 0 fully saturated rings. The molecule has 5 nitrogen and oxygen atoms in total.